The fraction of sp³-hybridized carbons (Fsp3) is 0.810. The summed E-state index contributed by atoms with van der Waals surface area (Å²) in [6.07, 6.45) is 10.5. The summed E-state index contributed by atoms with van der Waals surface area (Å²) in [7, 11) is 0. The van der Waals surface area contributed by atoms with E-state index in [1.54, 1.807) is 6.92 Å². The largest absolute Gasteiger partial charge is 0.355 e. The lowest BCUT2D eigenvalue weighted by atomic mass is 9.72. The Morgan fingerprint density at radius 2 is 2.11 bits per heavy atom. The quantitative estimate of drug-likeness (QED) is 0.827. The summed E-state index contributed by atoms with van der Waals surface area (Å²) in [5.41, 5.74) is 0. The zero-order chi connectivity index (χ0) is 18.8. The van der Waals surface area contributed by atoms with Crippen LogP contribution in [0.1, 0.15) is 44.9 Å². The van der Waals surface area contributed by atoms with E-state index in [4.69, 9.17) is 0 Å². The zero-order valence-corrected chi connectivity index (χ0v) is 16.9. The van der Waals surface area contributed by atoms with Crippen molar-refractivity contribution in [3.8, 4) is 0 Å². The minimum absolute atomic E-state index is 0.106. The predicted molar refractivity (Wildman–Crippen MR) is 106 cm³/mol. The standard InChI is InChI=1S/C21H35N5O/c1-16-22-7-11-25(16)9-5-8-24-14-18-12-19(15-24)21(13-23-17(2)27)26-10-4-3-6-20(18)26/h7,11,18-21H,3-6,8-10,12-15H2,1-2H3,(H,23,27)/t18-,19+,20+,21+/m1/s1. The molecule has 4 rings (SSSR count). The number of nitrogens with zero attached hydrogens (tertiary/aromatic N) is 4. The van der Waals surface area contributed by atoms with Crippen molar-refractivity contribution in [2.75, 3.05) is 32.7 Å². The Bertz CT molecular complexity index is 644. The number of carbonyl (C=O) groups is 1. The highest BCUT2D eigenvalue weighted by Crippen LogP contribution is 2.40. The van der Waals surface area contributed by atoms with E-state index in [9.17, 15) is 4.79 Å². The lowest BCUT2D eigenvalue weighted by molar-refractivity contribution is -0.120. The highest BCUT2D eigenvalue weighted by atomic mass is 16.1. The Morgan fingerprint density at radius 3 is 2.89 bits per heavy atom. The maximum absolute atomic E-state index is 11.5. The molecule has 0 saturated carbocycles. The van der Waals surface area contributed by atoms with Gasteiger partial charge in [0.25, 0.3) is 0 Å². The van der Waals surface area contributed by atoms with Gasteiger partial charge in [-0.15, -0.1) is 0 Å². The first kappa shape index (κ1) is 18.9. The number of hydrogen-bond donors (Lipinski definition) is 1. The Labute approximate surface area is 163 Å². The summed E-state index contributed by atoms with van der Waals surface area (Å²) >= 11 is 0. The van der Waals surface area contributed by atoms with Gasteiger partial charge in [0, 0.05) is 57.6 Å². The Balaban J connectivity index is 1.38. The Kier molecular flexibility index (Phi) is 5.83. The number of aromatic nitrogens is 2. The van der Waals surface area contributed by atoms with E-state index >= 15 is 0 Å². The van der Waals surface area contributed by atoms with Gasteiger partial charge in [-0.1, -0.05) is 6.42 Å². The Hall–Kier alpha value is -1.40. The van der Waals surface area contributed by atoms with Crippen molar-refractivity contribution >= 4 is 5.91 Å². The number of imidazole rings is 1. The first-order valence-electron chi connectivity index (χ1n) is 10.8. The molecule has 4 heterocycles. The fourth-order valence-electron chi connectivity index (χ4n) is 5.82. The minimum Gasteiger partial charge on any atom is -0.355 e. The number of piperidine rings is 3. The number of amides is 1. The number of nitrogens with one attached hydrogen (secondary N) is 1. The first-order chi connectivity index (χ1) is 13.1. The molecule has 2 bridgehead atoms. The molecule has 0 aromatic carbocycles. The Morgan fingerprint density at radius 1 is 1.26 bits per heavy atom. The van der Waals surface area contributed by atoms with Crippen LogP contribution in [-0.4, -0.2) is 70.1 Å². The molecule has 6 heteroatoms. The van der Waals surface area contributed by atoms with Crippen LogP contribution in [0.5, 0.6) is 0 Å². The second kappa shape index (κ2) is 8.31. The number of carbonyl (C=O) groups excluding carboxylic acids is 1. The van der Waals surface area contributed by atoms with Crippen LogP contribution in [0, 0.1) is 18.8 Å². The summed E-state index contributed by atoms with van der Waals surface area (Å²) < 4.78 is 2.26. The van der Waals surface area contributed by atoms with Crippen LogP contribution >= 0.6 is 0 Å². The fourth-order valence-corrected chi connectivity index (χ4v) is 5.82. The van der Waals surface area contributed by atoms with E-state index in [1.807, 2.05) is 6.20 Å². The van der Waals surface area contributed by atoms with Gasteiger partial charge in [-0.05, 0) is 57.5 Å². The molecular formula is C21H35N5O. The summed E-state index contributed by atoms with van der Waals surface area (Å²) in [6, 6.07) is 1.25. The van der Waals surface area contributed by atoms with Gasteiger partial charge in [-0.2, -0.15) is 0 Å². The summed E-state index contributed by atoms with van der Waals surface area (Å²) in [4.78, 5) is 21.3. The molecule has 1 amide bonds. The zero-order valence-electron chi connectivity index (χ0n) is 16.9. The predicted octanol–water partition coefficient (Wildman–Crippen LogP) is 1.89. The van der Waals surface area contributed by atoms with Crippen LogP contribution in [0.2, 0.25) is 0 Å². The molecule has 3 saturated heterocycles. The van der Waals surface area contributed by atoms with Gasteiger partial charge in [-0.25, -0.2) is 4.98 Å². The van der Waals surface area contributed by atoms with Crippen molar-refractivity contribution < 1.29 is 4.79 Å². The van der Waals surface area contributed by atoms with Gasteiger partial charge in [0.05, 0.1) is 0 Å². The van der Waals surface area contributed by atoms with Crippen molar-refractivity contribution in [3.63, 3.8) is 0 Å². The van der Waals surface area contributed by atoms with E-state index in [2.05, 4.69) is 37.8 Å². The molecule has 3 aliphatic heterocycles. The van der Waals surface area contributed by atoms with Crippen LogP contribution in [0.3, 0.4) is 0 Å². The SMILES string of the molecule is CC(=O)NC[C@H]1[C@H]2C[C@H](CN(CCCn3ccnc3C)C2)[C@@H]2CCCCN21. The summed E-state index contributed by atoms with van der Waals surface area (Å²) in [5.74, 6) is 2.72. The highest BCUT2D eigenvalue weighted by Gasteiger charge is 2.46. The number of likely N-dealkylation sites (tertiary alicyclic amines) is 1. The summed E-state index contributed by atoms with van der Waals surface area (Å²) in [6.45, 7) is 10.4. The molecule has 1 aromatic heterocycles. The smallest absolute Gasteiger partial charge is 0.216 e. The van der Waals surface area contributed by atoms with Gasteiger partial charge in [0.2, 0.25) is 5.91 Å². The van der Waals surface area contributed by atoms with E-state index in [0.717, 1.165) is 30.9 Å². The van der Waals surface area contributed by atoms with E-state index in [-0.39, 0.29) is 5.91 Å². The first-order valence-corrected chi connectivity index (χ1v) is 10.8. The van der Waals surface area contributed by atoms with Crippen molar-refractivity contribution in [2.45, 2.75) is 64.6 Å². The van der Waals surface area contributed by atoms with Crippen LogP contribution < -0.4 is 5.32 Å². The van der Waals surface area contributed by atoms with Crippen LogP contribution in [0.4, 0.5) is 0 Å². The average Bonchev–Trinajstić information content (AvgIpc) is 3.06. The average molecular weight is 374 g/mol. The lowest BCUT2D eigenvalue weighted by Crippen LogP contribution is -2.65. The number of fused-ring (bicyclic) bond motifs is 4. The molecule has 4 atom stereocenters. The monoisotopic (exact) mass is 373 g/mol. The van der Waals surface area contributed by atoms with E-state index in [0.29, 0.717) is 12.0 Å². The third kappa shape index (κ3) is 4.21. The highest BCUT2D eigenvalue weighted by molar-refractivity contribution is 5.72. The normalized spacial score (nSPS) is 31.5. The maximum Gasteiger partial charge on any atom is 0.216 e. The lowest BCUT2D eigenvalue weighted by Gasteiger charge is -2.57. The molecule has 3 fully saturated rings. The molecule has 1 aromatic rings. The third-order valence-corrected chi connectivity index (χ3v) is 7.05. The maximum atomic E-state index is 11.5. The van der Waals surface area contributed by atoms with Crippen molar-refractivity contribution in [2.24, 2.45) is 11.8 Å². The minimum atomic E-state index is 0.106. The second-order valence-corrected chi connectivity index (χ2v) is 8.84. The number of rotatable bonds is 6. The van der Waals surface area contributed by atoms with Gasteiger partial charge in [-0.3, -0.25) is 9.69 Å². The van der Waals surface area contributed by atoms with E-state index in [1.165, 1.54) is 58.3 Å². The molecule has 0 spiro atoms. The molecule has 0 unspecified atom stereocenters. The molecule has 27 heavy (non-hydrogen) atoms. The molecule has 150 valence electrons. The molecule has 0 radical (unpaired) electrons. The van der Waals surface area contributed by atoms with Gasteiger partial charge in [0.1, 0.15) is 5.82 Å². The van der Waals surface area contributed by atoms with Crippen LogP contribution in [0.25, 0.3) is 0 Å². The van der Waals surface area contributed by atoms with Crippen LogP contribution in [-0.2, 0) is 11.3 Å². The number of hydrogen-bond acceptors (Lipinski definition) is 4. The molecule has 0 aliphatic carbocycles. The topological polar surface area (TPSA) is 53.4 Å². The number of aryl methyl sites for hydroxylation is 2. The van der Waals surface area contributed by atoms with Gasteiger partial charge < -0.3 is 14.8 Å². The van der Waals surface area contributed by atoms with Crippen molar-refractivity contribution in [1.29, 1.82) is 0 Å². The molecule has 1 N–H and O–H groups in total. The van der Waals surface area contributed by atoms with Crippen LogP contribution in [0.15, 0.2) is 12.4 Å². The van der Waals surface area contributed by atoms with E-state index < -0.39 is 0 Å². The van der Waals surface area contributed by atoms with Gasteiger partial charge >= 0.3 is 0 Å². The molecule has 3 aliphatic rings. The third-order valence-electron chi connectivity index (χ3n) is 7.05. The van der Waals surface area contributed by atoms with Crippen molar-refractivity contribution in [1.82, 2.24) is 24.7 Å². The van der Waals surface area contributed by atoms with Crippen molar-refractivity contribution in [3.05, 3.63) is 18.2 Å². The molecule has 6 nitrogen and oxygen atoms in total. The van der Waals surface area contributed by atoms with Gasteiger partial charge in [0.15, 0.2) is 0 Å². The molecular weight excluding hydrogens is 338 g/mol. The summed E-state index contributed by atoms with van der Waals surface area (Å²) in [5, 5.41) is 3.12. The second-order valence-electron chi connectivity index (χ2n) is 8.84.